The second kappa shape index (κ2) is 7.93. The fraction of sp³-hybridized carbons (Fsp3) is 1.00. The minimum Gasteiger partial charge on any atom is -0.206 e. The molecule has 1 radical (unpaired) electrons. The summed E-state index contributed by atoms with van der Waals surface area (Å²) in [6.07, 6.45) is -15.4. The summed E-state index contributed by atoms with van der Waals surface area (Å²) >= 11 is 0. The van der Waals surface area contributed by atoms with Gasteiger partial charge < -0.3 is 0 Å². The van der Waals surface area contributed by atoms with Gasteiger partial charge in [0.15, 0.2) is 0 Å². The van der Waals surface area contributed by atoms with Crippen LogP contribution in [0.15, 0.2) is 0 Å². The molecule has 0 aliphatic heterocycles. The molecule has 0 aliphatic carbocycles. The van der Waals surface area contributed by atoms with E-state index < -0.39 is 62.1 Å². The van der Waals surface area contributed by atoms with Crippen molar-refractivity contribution in [1.29, 1.82) is 0 Å². The predicted octanol–water partition coefficient (Wildman–Crippen LogP) is 4.38. The molecular weight excluding hydrogens is 523 g/mol. The minimum atomic E-state index is -8.65. The Morgan fingerprint density at radius 1 is 0.452 bits per heavy atom. The molecule has 0 aromatic rings. The van der Waals surface area contributed by atoms with E-state index in [9.17, 15) is 87.4 Å². The Morgan fingerprint density at radius 3 is 0.968 bits per heavy atom. The monoisotopic (exact) mass is 524 g/mol. The minimum absolute atomic E-state index is 0. The third-order valence-corrected chi connectivity index (χ3v) is 4.32. The maximum atomic E-state index is 13.1. The molecule has 0 saturated heterocycles. The number of nitrogens with one attached hydrogen (secondary N) is 1. The van der Waals surface area contributed by atoms with Crippen LogP contribution in [0.4, 0.5) is 79.0 Å². The molecule has 0 unspecified atom stereocenters. The molecule has 0 amide bonds. The first-order valence-corrected chi connectivity index (χ1v) is 7.38. The molecular formula is C8HF18LiNO2S. The molecule has 0 heterocycles. The summed E-state index contributed by atoms with van der Waals surface area (Å²) < 4.78 is 244. The summed E-state index contributed by atoms with van der Waals surface area (Å²) in [6, 6.07) is -7.78. The van der Waals surface area contributed by atoms with Crippen molar-refractivity contribution in [3.05, 3.63) is 0 Å². The van der Waals surface area contributed by atoms with Crippen LogP contribution in [0.2, 0.25) is 0 Å². The molecule has 3 nitrogen and oxygen atoms in total. The summed E-state index contributed by atoms with van der Waals surface area (Å²) in [5.74, 6) is -32.4. The van der Waals surface area contributed by atoms with Gasteiger partial charge in [-0.2, -0.15) is 79.0 Å². The van der Waals surface area contributed by atoms with E-state index in [1.165, 1.54) is 0 Å². The van der Waals surface area contributed by atoms with Crippen LogP contribution in [-0.2, 0) is 10.0 Å². The van der Waals surface area contributed by atoms with E-state index in [1.54, 1.807) is 0 Å². The third-order valence-electron chi connectivity index (χ3n) is 2.86. The SMILES string of the molecule is O=S(=O)(NC(F)(F)C(F)(F)C(F)(F)C(F)(F)F)C(F)(F)C(F)(F)C(F)(F)C(F)(F)F.[Li]. The molecule has 0 bridgehead atoms. The van der Waals surface area contributed by atoms with Gasteiger partial charge in [0.05, 0.1) is 0 Å². The van der Waals surface area contributed by atoms with Crippen molar-refractivity contribution < 1.29 is 87.4 Å². The van der Waals surface area contributed by atoms with Crippen molar-refractivity contribution in [2.45, 2.75) is 47.3 Å². The summed E-state index contributed by atoms with van der Waals surface area (Å²) in [7, 11) is -8.65. The van der Waals surface area contributed by atoms with Gasteiger partial charge in [-0.1, -0.05) is 0 Å². The Kier molecular flexibility index (Phi) is 8.30. The van der Waals surface area contributed by atoms with Crippen LogP contribution in [0.1, 0.15) is 0 Å². The van der Waals surface area contributed by atoms with E-state index in [0.29, 0.717) is 0 Å². The van der Waals surface area contributed by atoms with Crippen molar-refractivity contribution in [2.75, 3.05) is 0 Å². The van der Waals surface area contributed by atoms with E-state index in [2.05, 4.69) is 0 Å². The van der Waals surface area contributed by atoms with Crippen LogP contribution >= 0.6 is 0 Å². The molecule has 0 aromatic carbocycles. The topological polar surface area (TPSA) is 46.2 Å². The second-order valence-corrected chi connectivity index (χ2v) is 6.71. The Morgan fingerprint density at radius 2 is 0.710 bits per heavy atom. The van der Waals surface area contributed by atoms with Crippen LogP contribution in [0, 0.1) is 0 Å². The van der Waals surface area contributed by atoms with E-state index in [4.69, 9.17) is 0 Å². The Bertz CT molecular complexity index is 752. The quantitative estimate of drug-likeness (QED) is 0.306. The smallest absolute Gasteiger partial charge is 0.206 e. The number of sulfonamides is 1. The average molecular weight is 524 g/mol. The molecule has 0 saturated carbocycles. The van der Waals surface area contributed by atoms with Crippen LogP contribution in [0.3, 0.4) is 0 Å². The molecule has 183 valence electrons. The largest absolute Gasteiger partial charge is 0.460 e. The van der Waals surface area contributed by atoms with Gasteiger partial charge >= 0.3 is 47.3 Å². The summed E-state index contributed by atoms with van der Waals surface area (Å²) in [5.41, 5.74) is 0. The zero-order valence-corrected chi connectivity index (χ0v) is 14.3. The van der Waals surface area contributed by atoms with E-state index in [0.717, 1.165) is 0 Å². The molecule has 0 atom stereocenters. The predicted molar refractivity (Wildman–Crippen MR) is 59.6 cm³/mol. The molecule has 31 heavy (non-hydrogen) atoms. The van der Waals surface area contributed by atoms with Crippen molar-refractivity contribution in [3.63, 3.8) is 0 Å². The van der Waals surface area contributed by atoms with Gasteiger partial charge in [0.25, 0.3) is 10.0 Å². The van der Waals surface area contributed by atoms with Crippen molar-refractivity contribution in [3.8, 4) is 0 Å². The zero-order chi connectivity index (χ0) is 25.2. The van der Waals surface area contributed by atoms with E-state index in [-0.39, 0.29) is 18.9 Å². The Balaban J connectivity index is 0. The summed E-state index contributed by atoms with van der Waals surface area (Å²) in [4.78, 5) is 0. The molecule has 0 aliphatic rings. The number of hydrogen-bond acceptors (Lipinski definition) is 2. The maximum absolute atomic E-state index is 13.1. The Labute approximate surface area is 169 Å². The van der Waals surface area contributed by atoms with Gasteiger partial charge in [-0.25, -0.2) is 8.42 Å². The number of halogens is 18. The number of rotatable bonds is 7. The molecule has 23 heteroatoms. The first-order chi connectivity index (χ1) is 12.5. The maximum Gasteiger partial charge on any atom is 0.460 e. The van der Waals surface area contributed by atoms with E-state index in [1.807, 2.05) is 0 Å². The van der Waals surface area contributed by atoms with Gasteiger partial charge in [-0.15, -0.1) is 4.72 Å². The molecule has 0 rings (SSSR count). The van der Waals surface area contributed by atoms with Gasteiger partial charge in [0, 0.05) is 18.9 Å². The number of hydrogen-bond donors (Lipinski definition) is 1. The second-order valence-electron chi connectivity index (χ2n) is 4.99. The van der Waals surface area contributed by atoms with Crippen LogP contribution in [-0.4, -0.2) is 74.6 Å². The summed E-state index contributed by atoms with van der Waals surface area (Å²) in [5, 5.41) is -8.12. The first-order valence-electron chi connectivity index (χ1n) is 5.89. The zero-order valence-electron chi connectivity index (χ0n) is 13.5. The van der Waals surface area contributed by atoms with Gasteiger partial charge in [-0.05, 0) is 0 Å². The molecule has 0 spiro atoms. The van der Waals surface area contributed by atoms with Gasteiger partial charge in [0.2, 0.25) is 0 Å². The van der Waals surface area contributed by atoms with E-state index >= 15 is 0 Å². The average Bonchev–Trinajstić information content (AvgIpc) is 2.42. The fourth-order valence-electron chi connectivity index (χ4n) is 1.20. The van der Waals surface area contributed by atoms with Crippen molar-refractivity contribution >= 4 is 28.9 Å². The van der Waals surface area contributed by atoms with Crippen LogP contribution in [0.5, 0.6) is 0 Å². The van der Waals surface area contributed by atoms with Crippen LogP contribution < -0.4 is 4.72 Å². The molecule has 0 aromatic heterocycles. The van der Waals surface area contributed by atoms with Crippen molar-refractivity contribution in [1.82, 2.24) is 4.72 Å². The van der Waals surface area contributed by atoms with Gasteiger partial charge in [0.1, 0.15) is 0 Å². The third kappa shape index (κ3) is 4.66. The first kappa shape index (κ1) is 32.4. The van der Waals surface area contributed by atoms with Crippen molar-refractivity contribution in [2.24, 2.45) is 0 Å². The standard InChI is InChI=1S/C8HF18NO2S.Li/c9-1(10,5(17,18)19)3(13,14)7(23,24)27-30(28,29)8(25,26)4(15,16)2(11,12)6(20,21)22;/h27H;. The molecule has 0 fully saturated rings. The number of alkyl halides is 18. The van der Waals surface area contributed by atoms with Crippen LogP contribution in [0.25, 0.3) is 0 Å². The van der Waals surface area contributed by atoms with Gasteiger partial charge in [-0.3, -0.25) is 0 Å². The Hall–Kier alpha value is -0.753. The molecule has 1 N–H and O–H groups in total. The summed E-state index contributed by atoms with van der Waals surface area (Å²) in [6.45, 7) is 0. The fourth-order valence-corrected chi connectivity index (χ4v) is 2.26. The normalized spacial score (nSPS) is 16.2.